The number of aliphatic hydroxyl groups is 1. The fourth-order valence-electron chi connectivity index (χ4n) is 3.04. The van der Waals surface area contributed by atoms with E-state index in [-0.39, 0.29) is 5.91 Å². The molecule has 5 heteroatoms. The van der Waals surface area contributed by atoms with E-state index in [2.05, 4.69) is 19.2 Å². The first-order valence-electron chi connectivity index (χ1n) is 9.29. The van der Waals surface area contributed by atoms with Crippen LogP contribution in [0.25, 0.3) is 0 Å². The lowest BCUT2D eigenvalue weighted by molar-refractivity contribution is -0.130. The van der Waals surface area contributed by atoms with Crippen molar-refractivity contribution in [3.63, 3.8) is 0 Å². The quantitative estimate of drug-likeness (QED) is 0.508. The minimum absolute atomic E-state index is 0.351. The zero-order chi connectivity index (χ0) is 17.1. The lowest BCUT2D eigenvalue weighted by atomic mass is 9.84. The zero-order valence-corrected chi connectivity index (χ0v) is 14.9. The van der Waals surface area contributed by atoms with Crippen LogP contribution in [0.3, 0.4) is 0 Å². The van der Waals surface area contributed by atoms with Crippen LogP contribution >= 0.6 is 0 Å². The van der Waals surface area contributed by atoms with Crippen LogP contribution in [-0.2, 0) is 9.53 Å². The molecule has 1 unspecified atom stereocenters. The monoisotopic (exact) mass is 328 g/mol. The molecule has 0 saturated heterocycles. The second-order valence-corrected chi connectivity index (χ2v) is 7.29. The van der Waals surface area contributed by atoms with E-state index >= 15 is 0 Å². The Bertz CT molecular complexity index is 317. The Labute approximate surface area is 141 Å². The van der Waals surface area contributed by atoms with Gasteiger partial charge in [-0.3, -0.25) is 4.79 Å². The number of amides is 1. The van der Waals surface area contributed by atoms with Crippen LogP contribution in [-0.4, -0.2) is 42.9 Å². The summed E-state index contributed by atoms with van der Waals surface area (Å²) in [6, 6.07) is -0.458. The third-order valence-corrected chi connectivity index (χ3v) is 4.61. The number of ether oxygens (including phenoxy) is 1. The Kier molecular flexibility index (Phi) is 10.5. The number of hydrogen-bond acceptors (Lipinski definition) is 4. The van der Waals surface area contributed by atoms with Gasteiger partial charge in [-0.2, -0.15) is 0 Å². The topological polar surface area (TPSA) is 84.6 Å². The van der Waals surface area contributed by atoms with Crippen molar-refractivity contribution in [3.8, 4) is 0 Å². The highest BCUT2D eigenvalue weighted by Crippen LogP contribution is 2.27. The molecular weight excluding hydrogens is 292 g/mol. The van der Waals surface area contributed by atoms with Crippen LogP contribution in [0.15, 0.2) is 0 Å². The lowest BCUT2D eigenvalue weighted by Gasteiger charge is -2.26. The van der Waals surface area contributed by atoms with Gasteiger partial charge >= 0.3 is 0 Å². The van der Waals surface area contributed by atoms with Gasteiger partial charge in [0.1, 0.15) is 6.10 Å². The third kappa shape index (κ3) is 9.28. The second-order valence-electron chi connectivity index (χ2n) is 7.29. The second kappa shape index (κ2) is 11.8. The van der Waals surface area contributed by atoms with Gasteiger partial charge in [-0.1, -0.05) is 46.0 Å². The smallest absolute Gasteiger partial charge is 0.250 e. The van der Waals surface area contributed by atoms with Crippen molar-refractivity contribution >= 4 is 5.91 Å². The predicted octanol–water partition coefficient (Wildman–Crippen LogP) is 2.21. The minimum Gasteiger partial charge on any atom is -0.382 e. The van der Waals surface area contributed by atoms with Crippen LogP contribution in [0.2, 0.25) is 0 Å². The molecule has 0 aromatic heterocycles. The highest BCUT2D eigenvalue weighted by molar-refractivity contribution is 5.81. The number of carbonyl (C=O) groups is 1. The summed E-state index contributed by atoms with van der Waals surface area (Å²) in [6.07, 6.45) is 7.60. The average Bonchev–Trinajstić information content (AvgIpc) is 2.53. The molecule has 0 aromatic rings. The summed E-state index contributed by atoms with van der Waals surface area (Å²) in [5.74, 6) is 0.863. The molecule has 1 aliphatic rings. The maximum Gasteiger partial charge on any atom is 0.250 e. The molecular formula is C18H36N2O3. The Hall–Kier alpha value is -0.650. The maximum absolute atomic E-state index is 11.9. The highest BCUT2D eigenvalue weighted by Gasteiger charge is 2.26. The Morgan fingerprint density at radius 3 is 2.61 bits per heavy atom. The van der Waals surface area contributed by atoms with Crippen molar-refractivity contribution in [2.45, 2.75) is 77.4 Å². The van der Waals surface area contributed by atoms with Crippen LogP contribution in [0, 0.1) is 11.8 Å². The minimum atomic E-state index is -1.10. The van der Waals surface area contributed by atoms with Gasteiger partial charge in [0.25, 0.3) is 0 Å². The summed E-state index contributed by atoms with van der Waals surface area (Å²) in [5, 5.41) is 12.8. The Balaban J connectivity index is 2.08. The molecule has 0 aromatic carbocycles. The molecule has 1 aliphatic carbocycles. The summed E-state index contributed by atoms with van der Waals surface area (Å²) >= 11 is 0. The van der Waals surface area contributed by atoms with Crippen LogP contribution < -0.4 is 11.1 Å². The Morgan fingerprint density at radius 1 is 1.26 bits per heavy atom. The summed E-state index contributed by atoms with van der Waals surface area (Å²) in [7, 11) is 0. The van der Waals surface area contributed by atoms with Crippen molar-refractivity contribution in [2.24, 2.45) is 17.6 Å². The summed E-state index contributed by atoms with van der Waals surface area (Å²) in [4.78, 5) is 11.9. The first-order valence-corrected chi connectivity index (χ1v) is 9.29. The van der Waals surface area contributed by atoms with Crippen molar-refractivity contribution < 1.29 is 14.6 Å². The van der Waals surface area contributed by atoms with E-state index in [4.69, 9.17) is 10.5 Å². The lowest BCUT2D eigenvalue weighted by Crippen LogP contribution is -2.47. The van der Waals surface area contributed by atoms with Crippen LogP contribution in [0.4, 0.5) is 0 Å². The van der Waals surface area contributed by atoms with E-state index < -0.39 is 12.1 Å². The number of nitrogens with one attached hydrogen (secondary N) is 1. The van der Waals surface area contributed by atoms with Gasteiger partial charge in [-0.15, -0.1) is 0 Å². The molecule has 1 saturated carbocycles. The molecule has 0 heterocycles. The van der Waals surface area contributed by atoms with Crippen molar-refractivity contribution in [1.82, 2.24) is 5.32 Å². The predicted molar refractivity (Wildman–Crippen MR) is 93.1 cm³/mol. The Morgan fingerprint density at radius 2 is 1.96 bits per heavy atom. The largest absolute Gasteiger partial charge is 0.382 e. The summed E-state index contributed by atoms with van der Waals surface area (Å²) in [6.45, 7) is 6.26. The van der Waals surface area contributed by atoms with E-state index in [1.54, 1.807) is 0 Å². The van der Waals surface area contributed by atoms with Crippen molar-refractivity contribution in [1.29, 1.82) is 0 Å². The van der Waals surface area contributed by atoms with E-state index in [1.807, 2.05) is 0 Å². The molecule has 1 rings (SSSR count). The molecule has 0 bridgehead atoms. The maximum atomic E-state index is 11.9. The first kappa shape index (κ1) is 20.4. The van der Waals surface area contributed by atoms with E-state index in [9.17, 15) is 9.90 Å². The van der Waals surface area contributed by atoms with Gasteiger partial charge < -0.3 is 20.9 Å². The third-order valence-electron chi connectivity index (χ3n) is 4.61. The standard InChI is InChI=1S/C18H36N2O3/c1-14(2)9-12-23-11-6-10-20-18(22)17(21)16(19)13-15-7-4-3-5-8-15/h14-17,21H,3-13,19H2,1-2H3,(H,20,22)/t16-,17?/m1/s1. The molecule has 1 fully saturated rings. The number of nitrogens with two attached hydrogens (primary N) is 1. The normalized spacial score (nSPS) is 18.8. The van der Waals surface area contributed by atoms with Gasteiger partial charge in [0.15, 0.2) is 0 Å². The van der Waals surface area contributed by atoms with Gasteiger partial charge in [0.05, 0.1) is 0 Å². The first-order chi connectivity index (χ1) is 11.0. The molecule has 0 radical (unpaired) electrons. The highest BCUT2D eigenvalue weighted by atomic mass is 16.5. The molecule has 1 amide bonds. The van der Waals surface area contributed by atoms with Gasteiger partial charge in [0, 0.05) is 25.8 Å². The summed E-state index contributed by atoms with van der Waals surface area (Å²) in [5.41, 5.74) is 6.01. The number of rotatable bonds is 11. The van der Waals surface area contributed by atoms with E-state index in [0.717, 1.165) is 25.9 Å². The molecule has 4 N–H and O–H groups in total. The van der Waals surface area contributed by atoms with Gasteiger partial charge in [0.2, 0.25) is 5.91 Å². The van der Waals surface area contributed by atoms with Crippen LogP contribution in [0.1, 0.15) is 65.2 Å². The SMILES string of the molecule is CC(C)CCOCCCNC(=O)C(O)[C@H](N)CC1CCCCC1. The fraction of sp³-hybridized carbons (Fsp3) is 0.944. The number of carbonyl (C=O) groups excluding carboxylic acids is 1. The fourth-order valence-corrected chi connectivity index (χ4v) is 3.04. The number of hydrogen-bond donors (Lipinski definition) is 3. The molecule has 136 valence electrons. The average molecular weight is 328 g/mol. The zero-order valence-electron chi connectivity index (χ0n) is 14.9. The molecule has 5 nitrogen and oxygen atoms in total. The van der Waals surface area contributed by atoms with Crippen molar-refractivity contribution in [2.75, 3.05) is 19.8 Å². The van der Waals surface area contributed by atoms with Gasteiger partial charge in [-0.25, -0.2) is 0 Å². The molecule has 23 heavy (non-hydrogen) atoms. The van der Waals surface area contributed by atoms with Crippen LogP contribution in [0.5, 0.6) is 0 Å². The van der Waals surface area contributed by atoms with E-state index in [1.165, 1.54) is 32.1 Å². The summed E-state index contributed by atoms with van der Waals surface area (Å²) < 4.78 is 5.50. The van der Waals surface area contributed by atoms with Gasteiger partial charge in [-0.05, 0) is 31.1 Å². The molecule has 0 aliphatic heterocycles. The number of aliphatic hydroxyl groups excluding tert-OH is 1. The van der Waals surface area contributed by atoms with E-state index in [0.29, 0.717) is 25.0 Å². The van der Waals surface area contributed by atoms with Crippen molar-refractivity contribution in [3.05, 3.63) is 0 Å². The molecule has 2 atom stereocenters. The molecule has 0 spiro atoms.